The minimum atomic E-state index is -0.220. The molecule has 0 radical (unpaired) electrons. The van der Waals surface area contributed by atoms with Crippen molar-refractivity contribution in [1.29, 1.82) is 0 Å². The van der Waals surface area contributed by atoms with Crippen molar-refractivity contribution < 1.29 is 10.2 Å². The van der Waals surface area contributed by atoms with Crippen molar-refractivity contribution in [3.05, 3.63) is 29.3 Å². The van der Waals surface area contributed by atoms with Crippen molar-refractivity contribution in [2.24, 2.45) is 5.92 Å². The first-order chi connectivity index (χ1) is 12.4. The Kier molecular flexibility index (Phi) is 8.01. The molecule has 2 nitrogen and oxygen atoms in total. The van der Waals surface area contributed by atoms with E-state index in [1.807, 2.05) is 6.07 Å². The van der Waals surface area contributed by atoms with Crippen molar-refractivity contribution in [1.82, 2.24) is 0 Å². The Labute approximate surface area is 161 Å². The quantitative estimate of drug-likeness (QED) is 0.482. The van der Waals surface area contributed by atoms with Crippen LogP contribution in [0.5, 0.6) is 5.75 Å². The average Bonchev–Trinajstić information content (AvgIpc) is 2.60. The summed E-state index contributed by atoms with van der Waals surface area (Å²) in [6, 6.07) is 6.36. The van der Waals surface area contributed by atoms with E-state index in [4.69, 9.17) is 0 Å². The van der Waals surface area contributed by atoms with Crippen molar-refractivity contribution in [2.75, 3.05) is 0 Å². The molecule has 3 atom stereocenters. The fraction of sp³-hybridized carbons (Fsp3) is 0.750. The van der Waals surface area contributed by atoms with Crippen molar-refractivity contribution in [2.45, 2.75) is 109 Å². The highest BCUT2D eigenvalue weighted by Gasteiger charge is 2.32. The minimum Gasteiger partial charge on any atom is -0.508 e. The number of rotatable bonds is 9. The number of aliphatic hydroxyl groups excluding tert-OH is 1. The van der Waals surface area contributed by atoms with Gasteiger partial charge in [0.2, 0.25) is 0 Å². The fourth-order valence-electron chi connectivity index (χ4n) is 4.72. The van der Waals surface area contributed by atoms with Gasteiger partial charge in [-0.25, -0.2) is 0 Å². The number of aliphatic hydroxyl groups is 1. The molecule has 0 saturated heterocycles. The first-order valence-electron chi connectivity index (χ1n) is 10.9. The van der Waals surface area contributed by atoms with Crippen LogP contribution >= 0.6 is 0 Å². The van der Waals surface area contributed by atoms with Crippen molar-refractivity contribution in [3.8, 4) is 5.75 Å². The highest BCUT2D eigenvalue weighted by molar-refractivity contribution is 5.42. The van der Waals surface area contributed by atoms with Crippen LogP contribution in [0.25, 0.3) is 0 Å². The van der Waals surface area contributed by atoms with Gasteiger partial charge in [-0.3, -0.25) is 0 Å². The molecule has 26 heavy (non-hydrogen) atoms. The maximum atomic E-state index is 10.8. The van der Waals surface area contributed by atoms with E-state index in [9.17, 15) is 10.2 Å². The molecule has 148 valence electrons. The second kappa shape index (κ2) is 9.78. The van der Waals surface area contributed by atoms with Gasteiger partial charge >= 0.3 is 0 Å². The van der Waals surface area contributed by atoms with Gasteiger partial charge in [-0.2, -0.15) is 0 Å². The number of aromatic hydroxyl groups is 1. The molecular formula is C24H40O2. The second-order valence-corrected chi connectivity index (χ2v) is 9.09. The van der Waals surface area contributed by atoms with Crippen LogP contribution in [0.2, 0.25) is 0 Å². The summed E-state index contributed by atoms with van der Waals surface area (Å²) in [4.78, 5) is 0. The first-order valence-corrected chi connectivity index (χ1v) is 10.9. The Hall–Kier alpha value is -1.02. The fourth-order valence-corrected chi connectivity index (χ4v) is 4.72. The lowest BCUT2D eigenvalue weighted by Gasteiger charge is -2.35. The molecule has 1 aromatic rings. The van der Waals surface area contributed by atoms with Crippen LogP contribution in [0.3, 0.4) is 0 Å². The van der Waals surface area contributed by atoms with Gasteiger partial charge in [0.15, 0.2) is 0 Å². The zero-order chi connectivity index (χ0) is 19.2. The Morgan fingerprint density at radius 2 is 1.81 bits per heavy atom. The Balaban J connectivity index is 2.14. The molecule has 0 amide bonds. The molecule has 3 unspecified atom stereocenters. The van der Waals surface area contributed by atoms with Gasteiger partial charge in [0.05, 0.1) is 6.10 Å². The number of hydrogen-bond donors (Lipinski definition) is 2. The summed E-state index contributed by atoms with van der Waals surface area (Å²) in [5.74, 6) is 1.31. The van der Waals surface area contributed by atoms with E-state index in [0.29, 0.717) is 17.6 Å². The summed E-state index contributed by atoms with van der Waals surface area (Å²) in [5, 5.41) is 21.0. The van der Waals surface area contributed by atoms with Crippen LogP contribution in [-0.4, -0.2) is 16.3 Å². The highest BCUT2D eigenvalue weighted by atomic mass is 16.3. The standard InChI is InChI=1S/C24H40O2/c1-5-7-8-9-15-24(3,4)19-12-14-21(23(26)16-19)22-17-20(25)13-11-18(22)10-6-2/h12,14,16,18,20,22,25-26H,5-11,13,15,17H2,1-4H3. The van der Waals surface area contributed by atoms with Gasteiger partial charge in [-0.15, -0.1) is 0 Å². The normalized spacial score (nSPS) is 24.0. The van der Waals surface area contributed by atoms with Crippen LogP contribution in [0.15, 0.2) is 18.2 Å². The van der Waals surface area contributed by atoms with E-state index in [-0.39, 0.29) is 11.5 Å². The molecule has 2 N–H and O–H groups in total. The third-order valence-corrected chi connectivity index (χ3v) is 6.49. The third-order valence-electron chi connectivity index (χ3n) is 6.49. The lowest BCUT2D eigenvalue weighted by Crippen LogP contribution is -2.26. The number of phenolic OH excluding ortho intramolecular Hbond substituents is 1. The lowest BCUT2D eigenvalue weighted by molar-refractivity contribution is 0.0901. The summed E-state index contributed by atoms with van der Waals surface area (Å²) in [7, 11) is 0. The van der Waals surface area contributed by atoms with Crippen LogP contribution in [0.4, 0.5) is 0 Å². The summed E-state index contributed by atoms with van der Waals surface area (Å²) in [6.45, 7) is 9.05. The van der Waals surface area contributed by atoms with Crippen LogP contribution in [0, 0.1) is 5.92 Å². The lowest BCUT2D eigenvalue weighted by atomic mass is 9.71. The largest absolute Gasteiger partial charge is 0.508 e. The summed E-state index contributed by atoms with van der Waals surface area (Å²) < 4.78 is 0. The molecule has 1 fully saturated rings. The molecule has 0 spiro atoms. The summed E-state index contributed by atoms with van der Waals surface area (Å²) in [5.41, 5.74) is 2.38. The van der Waals surface area contributed by atoms with E-state index < -0.39 is 0 Å². The van der Waals surface area contributed by atoms with Gasteiger partial charge < -0.3 is 10.2 Å². The van der Waals surface area contributed by atoms with Gasteiger partial charge in [0.25, 0.3) is 0 Å². The van der Waals surface area contributed by atoms with E-state index in [1.54, 1.807) is 0 Å². The maximum absolute atomic E-state index is 10.8. The van der Waals surface area contributed by atoms with Gasteiger partial charge in [-0.1, -0.05) is 78.4 Å². The number of unbranched alkanes of at least 4 members (excludes halogenated alkanes) is 3. The first kappa shape index (κ1) is 21.3. The molecule has 0 bridgehead atoms. The van der Waals surface area contributed by atoms with E-state index >= 15 is 0 Å². The molecule has 1 aliphatic carbocycles. The Morgan fingerprint density at radius 3 is 2.46 bits per heavy atom. The molecule has 0 aromatic heterocycles. The van der Waals surface area contributed by atoms with Gasteiger partial charge in [-0.05, 0) is 60.1 Å². The van der Waals surface area contributed by atoms with Gasteiger partial charge in [0.1, 0.15) is 5.75 Å². The van der Waals surface area contributed by atoms with Crippen LogP contribution < -0.4 is 0 Å². The van der Waals surface area contributed by atoms with E-state index in [0.717, 1.165) is 31.2 Å². The molecule has 0 heterocycles. The molecule has 1 aliphatic rings. The van der Waals surface area contributed by atoms with Crippen molar-refractivity contribution >= 4 is 0 Å². The Bertz CT molecular complexity index is 549. The summed E-state index contributed by atoms with van der Waals surface area (Å²) in [6.07, 6.45) is 11.2. The van der Waals surface area contributed by atoms with E-state index in [1.165, 1.54) is 44.1 Å². The highest BCUT2D eigenvalue weighted by Crippen LogP contribution is 2.44. The van der Waals surface area contributed by atoms with E-state index in [2.05, 4.69) is 39.8 Å². The molecule has 2 heteroatoms. The van der Waals surface area contributed by atoms with Crippen LogP contribution in [-0.2, 0) is 5.41 Å². The van der Waals surface area contributed by atoms with Gasteiger partial charge in [0, 0.05) is 0 Å². The van der Waals surface area contributed by atoms with Crippen molar-refractivity contribution in [3.63, 3.8) is 0 Å². The SMILES string of the molecule is CCCCCCC(C)(C)c1ccc(C2CC(O)CCC2CCC)c(O)c1. The molecule has 1 saturated carbocycles. The molecular weight excluding hydrogens is 320 g/mol. The minimum absolute atomic E-state index is 0.0959. The molecule has 2 rings (SSSR count). The zero-order valence-corrected chi connectivity index (χ0v) is 17.4. The second-order valence-electron chi connectivity index (χ2n) is 9.09. The zero-order valence-electron chi connectivity index (χ0n) is 17.4. The third kappa shape index (κ3) is 5.49. The summed E-state index contributed by atoms with van der Waals surface area (Å²) >= 11 is 0. The number of hydrogen-bond acceptors (Lipinski definition) is 2. The molecule has 1 aromatic carbocycles. The monoisotopic (exact) mass is 360 g/mol. The number of benzene rings is 1. The predicted octanol–water partition coefficient (Wildman–Crippen LogP) is 6.68. The topological polar surface area (TPSA) is 40.5 Å². The Morgan fingerprint density at radius 1 is 1.04 bits per heavy atom. The predicted molar refractivity (Wildman–Crippen MR) is 111 cm³/mol. The smallest absolute Gasteiger partial charge is 0.119 e. The molecule has 0 aliphatic heterocycles. The average molecular weight is 361 g/mol. The maximum Gasteiger partial charge on any atom is 0.119 e. The van der Waals surface area contributed by atoms with Crippen LogP contribution in [0.1, 0.15) is 109 Å². The number of phenols is 1.